The average Bonchev–Trinajstić information content (AvgIpc) is 2.23. The predicted octanol–water partition coefficient (Wildman–Crippen LogP) is 2.54. The largest absolute Gasteiger partial charge is 0.444 e. The number of nitrogens with one attached hydrogen (secondary N) is 1. The molecule has 2 rings (SSSR count). The van der Waals surface area contributed by atoms with Crippen molar-refractivity contribution in [3.8, 4) is 0 Å². The lowest BCUT2D eigenvalue weighted by atomic mass is 9.66. The summed E-state index contributed by atoms with van der Waals surface area (Å²) in [5.41, 5.74) is -1.32. The molecule has 1 spiro atoms. The highest BCUT2D eigenvalue weighted by molar-refractivity contribution is 5.68. The zero-order chi connectivity index (χ0) is 15.2. The molecule has 20 heavy (non-hydrogen) atoms. The first-order valence-electron chi connectivity index (χ1n) is 6.82. The van der Waals surface area contributed by atoms with Gasteiger partial charge in [0.15, 0.2) is 0 Å². The Balaban J connectivity index is 1.92. The minimum Gasteiger partial charge on any atom is -0.444 e. The highest BCUT2D eigenvalue weighted by Gasteiger charge is 2.60. The summed E-state index contributed by atoms with van der Waals surface area (Å²) < 4.78 is 43.8. The lowest BCUT2D eigenvalue weighted by molar-refractivity contribution is -0.217. The van der Waals surface area contributed by atoms with Crippen LogP contribution in [-0.2, 0) is 4.74 Å². The third kappa shape index (κ3) is 3.02. The van der Waals surface area contributed by atoms with Crippen LogP contribution in [0.2, 0.25) is 0 Å². The number of carbonyl (C=O) groups excluding carboxylic acids is 1. The summed E-state index contributed by atoms with van der Waals surface area (Å²) in [7, 11) is 0. The molecule has 0 aromatic carbocycles. The molecule has 2 fully saturated rings. The number of likely N-dealkylation sites (tertiary alicyclic amines) is 1. The van der Waals surface area contributed by atoms with E-state index in [2.05, 4.69) is 5.32 Å². The van der Waals surface area contributed by atoms with Crippen LogP contribution < -0.4 is 5.32 Å². The second-order valence-corrected chi connectivity index (χ2v) is 6.69. The van der Waals surface area contributed by atoms with Gasteiger partial charge in [0.05, 0.1) is 0 Å². The fraction of sp³-hybridized carbons (Fsp3) is 0.923. The smallest absolute Gasteiger partial charge is 0.410 e. The summed E-state index contributed by atoms with van der Waals surface area (Å²) in [6.45, 7) is 6.33. The fourth-order valence-electron chi connectivity index (χ4n) is 2.88. The highest BCUT2D eigenvalue weighted by atomic mass is 19.4. The maximum atomic E-state index is 12.8. The predicted molar refractivity (Wildman–Crippen MR) is 67.3 cm³/mol. The van der Waals surface area contributed by atoms with Crippen molar-refractivity contribution in [3.05, 3.63) is 0 Å². The van der Waals surface area contributed by atoms with Crippen molar-refractivity contribution in [1.29, 1.82) is 0 Å². The van der Waals surface area contributed by atoms with Crippen molar-refractivity contribution in [3.63, 3.8) is 0 Å². The molecule has 0 saturated carbocycles. The summed E-state index contributed by atoms with van der Waals surface area (Å²) in [5, 5.41) is 2.47. The zero-order valence-corrected chi connectivity index (χ0v) is 12.0. The number of amides is 1. The Morgan fingerprint density at radius 3 is 2.15 bits per heavy atom. The van der Waals surface area contributed by atoms with E-state index in [1.54, 1.807) is 20.8 Å². The number of carbonyl (C=O) groups is 1. The van der Waals surface area contributed by atoms with Crippen LogP contribution in [-0.4, -0.2) is 48.4 Å². The Morgan fingerprint density at radius 1 is 1.25 bits per heavy atom. The van der Waals surface area contributed by atoms with E-state index in [0.29, 0.717) is 32.5 Å². The number of ether oxygens (including phenoxy) is 1. The summed E-state index contributed by atoms with van der Waals surface area (Å²) >= 11 is 0. The van der Waals surface area contributed by atoms with Crippen molar-refractivity contribution in [1.82, 2.24) is 10.2 Å². The van der Waals surface area contributed by atoms with Crippen molar-refractivity contribution >= 4 is 6.09 Å². The second-order valence-electron chi connectivity index (χ2n) is 6.69. The van der Waals surface area contributed by atoms with Gasteiger partial charge in [-0.25, -0.2) is 4.79 Å². The first-order valence-corrected chi connectivity index (χ1v) is 6.82. The number of alkyl halides is 3. The lowest BCUT2D eigenvalue weighted by Gasteiger charge is -2.54. The molecule has 0 aromatic heterocycles. The molecule has 2 aliphatic heterocycles. The van der Waals surface area contributed by atoms with Crippen LogP contribution >= 0.6 is 0 Å². The van der Waals surface area contributed by atoms with E-state index >= 15 is 0 Å². The van der Waals surface area contributed by atoms with Gasteiger partial charge in [0.25, 0.3) is 0 Å². The number of nitrogens with zero attached hydrogens (tertiary/aromatic N) is 1. The Morgan fingerprint density at radius 2 is 1.80 bits per heavy atom. The molecule has 116 valence electrons. The molecule has 4 nitrogen and oxygen atoms in total. The molecule has 0 aliphatic carbocycles. The van der Waals surface area contributed by atoms with Crippen molar-refractivity contribution in [2.75, 3.05) is 19.6 Å². The summed E-state index contributed by atoms with van der Waals surface area (Å²) in [6.07, 6.45) is -3.93. The number of hydrogen-bond acceptors (Lipinski definition) is 3. The van der Waals surface area contributed by atoms with Crippen LogP contribution in [0.5, 0.6) is 0 Å². The number of hydrogen-bond donors (Lipinski definition) is 1. The maximum Gasteiger partial charge on any atom is 0.410 e. The van der Waals surface area contributed by atoms with Crippen molar-refractivity contribution < 1.29 is 22.7 Å². The van der Waals surface area contributed by atoms with E-state index < -0.39 is 29.3 Å². The third-order valence-electron chi connectivity index (χ3n) is 4.01. The van der Waals surface area contributed by atoms with Gasteiger partial charge in [-0.2, -0.15) is 13.2 Å². The number of rotatable bonds is 0. The van der Waals surface area contributed by atoms with Gasteiger partial charge < -0.3 is 15.0 Å². The van der Waals surface area contributed by atoms with E-state index in [9.17, 15) is 18.0 Å². The molecule has 0 aromatic rings. The van der Waals surface area contributed by atoms with Gasteiger partial charge in [0.1, 0.15) is 11.6 Å². The normalized spacial score (nSPS) is 26.3. The van der Waals surface area contributed by atoms with Gasteiger partial charge in [-0.1, -0.05) is 0 Å². The SMILES string of the molecule is CC(C)(C)OC(=O)N1CCC2(CC1)CNC2C(F)(F)F. The van der Waals surface area contributed by atoms with Gasteiger partial charge in [0.2, 0.25) is 0 Å². The summed E-state index contributed by atoms with van der Waals surface area (Å²) in [6, 6.07) is -1.43. The van der Waals surface area contributed by atoms with E-state index in [-0.39, 0.29) is 0 Å². The minimum atomic E-state index is -4.22. The quantitative estimate of drug-likeness (QED) is 0.746. The van der Waals surface area contributed by atoms with Gasteiger partial charge in [-0.15, -0.1) is 0 Å². The fourth-order valence-corrected chi connectivity index (χ4v) is 2.88. The lowest BCUT2D eigenvalue weighted by Crippen LogP contribution is -2.71. The zero-order valence-electron chi connectivity index (χ0n) is 12.0. The molecule has 0 radical (unpaired) electrons. The van der Waals surface area contributed by atoms with Crippen molar-refractivity contribution in [2.24, 2.45) is 5.41 Å². The molecule has 2 aliphatic rings. The molecule has 1 amide bonds. The van der Waals surface area contributed by atoms with Crippen LogP contribution in [0.4, 0.5) is 18.0 Å². The van der Waals surface area contributed by atoms with Gasteiger partial charge in [-0.3, -0.25) is 0 Å². The summed E-state index contributed by atoms with van der Waals surface area (Å²) in [5.74, 6) is 0. The molecule has 0 bridgehead atoms. The topological polar surface area (TPSA) is 41.6 Å². The minimum absolute atomic E-state index is 0.323. The first kappa shape index (κ1) is 15.4. The average molecular weight is 294 g/mol. The molecule has 7 heteroatoms. The van der Waals surface area contributed by atoms with Gasteiger partial charge in [-0.05, 0) is 33.6 Å². The monoisotopic (exact) mass is 294 g/mol. The molecule has 1 atom stereocenters. The van der Waals surface area contributed by atoms with Crippen LogP contribution in [0.1, 0.15) is 33.6 Å². The van der Waals surface area contributed by atoms with Gasteiger partial charge >= 0.3 is 12.3 Å². The van der Waals surface area contributed by atoms with E-state index in [0.717, 1.165) is 0 Å². The second kappa shape index (κ2) is 4.79. The van der Waals surface area contributed by atoms with Crippen LogP contribution in [0.3, 0.4) is 0 Å². The van der Waals surface area contributed by atoms with Crippen LogP contribution in [0.15, 0.2) is 0 Å². The Bertz CT molecular complexity index is 382. The van der Waals surface area contributed by atoms with E-state index in [4.69, 9.17) is 4.74 Å². The van der Waals surface area contributed by atoms with E-state index in [1.807, 2.05) is 0 Å². The molecule has 1 unspecified atom stereocenters. The molecule has 2 heterocycles. The van der Waals surface area contributed by atoms with Gasteiger partial charge in [0, 0.05) is 25.0 Å². The Hall–Kier alpha value is -0.980. The first-order chi connectivity index (χ1) is 9.04. The Kier molecular flexibility index (Phi) is 3.69. The van der Waals surface area contributed by atoms with Crippen molar-refractivity contribution in [2.45, 2.75) is 51.4 Å². The molecular formula is C13H21F3N2O2. The van der Waals surface area contributed by atoms with Crippen LogP contribution in [0.25, 0.3) is 0 Å². The number of halogens is 3. The van der Waals surface area contributed by atoms with E-state index in [1.165, 1.54) is 4.90 Å². The summed E-state index contributed by atoms with van der Waals surface area (Å²) in [4.78, 5) is 13.4. The highest BCUT2D eigenvalue weighted by Crippen LogP contribution is 2.46. The molecule has 1 N–H and O–H groups in total. The third-order valence-corrected chi connectivity index (χ3v) is 4.01. The standard InChI is InChI=1S/C13H21F3N2O2/c1-11(2,3)20-10(19)18-6-4-12(5-7-18)8-17-9(12)13(14,15)16/h9,17H,4-8H2,1-3H3. The molecular weight excluding hydrogens is 273 g/mol. The maximum absolute atomic E-state index is 12.8. The van der Waals surface area contributed by atoms with Crippen LogP contribution in [0, 0.1) is 5.41 Å². The number of piperidine rings is 1. The Labute approximate surface area is 116 Å². The molecule has 2 saturated heterocycles.